The number of oxime groups is 1. The number of carbonyl (C=O) groups is 2. The van der Waals surface area contributed by atoms with E-state index in [1.807, 2.05) is 24.3 Å². The van der Waals surface area contributed by atoms with Gasteiger partial charge in [0.15, 0.2) is 5.84 Å². The lowest BCUT2D eigenvalue weighted by Crippen LogP contribution is -2.53. The Balaban J connectivity index is 1.47. The van der Waals surface area contributed by atoms with Crippen molar-refractivity contribution in [1.82, 2.24) is 10.6 Å². The van der Waals surface area contributed by atoms with Gasteiger partial charge in [0.25, 0.3) is 0 Å². The van der Waals surface area contributed by atoms with E-state index in [0.29, 0.717) is 31.0 Å². The Morgan fingerprint density at radius 3 is 1.93 bits per heavy atom. The molecule has 40 heavy (non-hydrogen) atoms. The lowest BCUT2D eigenvalue weighted by Gasteiger charge is -2.34. The van der Waals surface area contributed by atoms with E-state index in [0.717, 1.165) is 68.1 Å². The van der Waals surface area contributed by atoms with Crippen LogP contribution >= 0.6 is 0 Å². The van der Waals surface area contributed by atoms with Gasteiger partial charge in [-0.15, -0.1) is 0 Å². The highest BCUT2D eigenvalue weighted by atomic mass is 16.4. The molecule has 0 radical (unpaired) electrons. The molecule has 4 rings (SSSR count). The fourth-order valence-electron chi connectivity index (χ4n) is 6.35. The van der Waals surface area contributed by atoms with E-state index in [9.17, 15) is 9.59 Å². The quantitative estimate of drug-likeness (QED) is 0.123. The number of amidine groups is 1. The second-order valence-corrected chi connectivity index (χ2v) is 11.5. The van der Waals surface area contributed by atoms with E-state index in [4.69, 9.17) is 16.7 Å². The summed E-state index contributed by atoms with van der Waals surface area (Å²) in [6, 6.07) is 14.9. The van der Waals surface area contributed by atoms with Gasteiger partial charge in [-0.2, -0.15) is 0 Å². The summed E-state index contributed by atoms with van der Waals surface area (Å²) in [5.74, 6) is 0.217. The Bertz CT molecular complexity index is 1120. The smallest absolute Gasteiger partial charge is 0.243 e. The fraction of sp³-hybridized carbons (Fsp3) is 0.531. The Kier molecular flexibility index (Phi) is 11.0. The van der Waals surface area contributed by atoms with Crippen molar-refractivity contribution in [2.75, 3.05) is 0 Å². The van der Waals surface area contributed by atoms with Crippen molar-refractivity contribution >= 4 is 17.6 Å². The van der Waals surface area contributed by atoms with Gasteiger partial charge in [0.2, 0.25) is 11.8 Å². The number of rotatable bonds is 11. The number of benzene rings is 2. The van der Waals surface area contributed by atoms with Crippen molar-refractivity contribution in [3.8, 4) is 0 Å². The molecule has 0 bridgehead atoms. The van der Waals surface area contributed by atoms with Gasteiger partial charge in [-0.3, -0.25) is 9.59 Å². The molecular weight excluding hydrogens is 502 g/mol. The predicted molar refractivity (Wildman–Crippen MR) is 157 cm³/mol. The van der Waals surface area contributed by atoms with Crippen LogP contribution in [0.2, 0.25) is 0 Å². The number of nitrogens with two attached hydrogens (primary N) is 2. The van der Waals surface area contributed by atoms with Crippen LogP contribution in [0, 0.1) is 17.8 Å². The first-order valence-corrected chi connectivity index (χ1v) is 14.9. The number of hydrogen-bond donors (Lipinski definition) is 5. The van der Waals surface area contributed by atoms with Crippen molar-refractivity contribution in [3.05, 3.63) is 70.8 Å². The standard InChI is InChI=1S/C32H45N5O3/c33-20-23-13-11-22(12-14-23)19-28(25-7-3-1-4-8-25)31(38)36-29(26-9-5-2-6-10-26)32(39)35-21-24-15-17-27(18-16-24)30(34)37-40/h11-18,25-26,28-29,40H,1-10,19-21,33H2,(H2,34,37)(H,35,39)(H,36,38)/t28?,29-/m0/s1. The molecule has 0 aliphatic heterocycles. The molecule has 2 aliphatic carbocycles. The zero-order valence-electron chi connectivity index (χ0n) is 23.5. The molecule has 8 nitrogen and oxygen atoms in total. The van der Waals surface area contributed by atoms with E-state index in [1.165, 1.54) is 12.8 Å². The number of amides is 2. The van der Waals surface area contributed by atoms with Crippen LogP contribution in [0.15, 0.2) is 53.7 Å². The average molecular weight is 548 g/mol. The van der Waals surface area contributed by atoms with E-state index in [2.05, 4.69) is 27.9 Å². The van der Waals surface area contributed by atoms with Crippen molar-refractivity contribution in [3.63, 3.8) is 0 Å². The molecule has 2 amide bonds. The van der Waals surface area contributed by atoms with E-state index < -0.39 is 6.04 Å². The molecule has 7 N–H and O–H groups in total. The number of hydrogen-bond acceptors (Lipinski definition) is 5. The van der Waals surface area contributed by atoms with Gasteiger partial charge in [0, 0.05) is 24.6 Å². The summed E-state index contributed by atoms with van der Waals surface area (Å²) in [5.41, 5.74) is 15.2. The number of nitrogens with zero attached hydrogens (tertiary/aromatic N) is 1. The normalized spacial score (nSPS) is 18.6. The maximum Gasteiger partial charge on any atom is 0.243 e. The first-order chi connectivity index (χ1) is 19.5. The highest BCUT2D eigenvalue weighted by Crippen LogP contribution is 2.33. The molecule has 2 aliphatic rings. The Morgan fingerprint density at radius 1 is 0.800 bits per heavy atom. The van der Waals surface area contributed by atoms with Gasteiger partial charge in [-0.05, 0) is 60.6 Å². The zero-order valence-corrected chi connectivity index (χ0v) is 23.5. The first kappa shape index (κ1) is 29.6. The maximum absolute atomic E-state index is 14.0. The molecule has 2 fully saturated rings. The monoisotopic (exact) mass is 547 g/mol. The van der Waals surface area contributed by atoms with Crippen molar-refractivity contribution < 1.29 is 14.8 Å². The van der Waals surface area contributed by atoms with E-state index in [1.54, 1.807) is 12.1 Å². The van der Waals surface area contributed by atoms with Gasteiger partial charge >= 0.3 is 0 Å². The summed E-state index contributed by atoms with van der Waals surface area (Å²) in [6.45, 7) is 0.841. The molecule has 1 unspecified atom stereocenters. The van der Waals surface area contributed by atoms with Crippen LogP contribution in [-0.2, 0) is 29.1 Å². The molecule has 0 aromatic heterocycles. The van der Waals surface area contributed by atoms with E-state index in [-0.39, 0.29) is 29.5 Å². The fourth-order valence-corrected chi connectivity index (χ4v) is 6.35. The maximum atomic E-state index is 14.0. The summed E-state index contributed by atoms with van der Waals surface area (Å²) in [7, 11) is 0. The van der Waals surface area contributed by atoms with Gasteiger partial charge in [0.05, 0.1) is 0 Å². The van der Waals surface area contributed by atoms with Crippen LogP contribution in [0.3, 0.4) is 0 Å². The van der Waals surface area contributed by atoms with Crippen molar-refractivity contribution in [1.29, 1.82) is 0 Å². The van der Waals surface area contributed by atoms with Crippen LogP contribution in [-0.4, -0.2) is 28.9 Å². The third kappa shape index (κ3) is 8.07. The second kappa shape index (κ2) is 14.8. The molecule has 0 saturated heterocycles. The van der Waals surface area contributed by atoms with Crippen LogP contribution in [0.5, 0.6) is 0 Å². The Morgan fingerprint density at radius 2 is 1.35 bits per heavy atom. The number of nitrogens with one attached hydrogen (secondary N) is 2. The molecule has 8 heteroatoms. The third-order valence-corrected chi connectivity index (χ3v) is 8.80. The van der Waals surface area contributed by atoms with Gasteiger partial charge in [-0.1, -0.05) is 92.2 Å². The summed E-state index contributed by atoms with van der Waals surface area (Å²) in [5, 5.41) is 18.2. The Hall–Kier alpha value is -3.39. The second-order valence-electron chi connectivity index (χ2n) is 11.5. The predicted octanol–water partition coefficient (Wildman–Crippen LogP) is 4.36. The minimum atomic E-state index is -0.546. The minimum Gasteiger partial charge on any atom is -0.409 e. The average Bonchev–Trinajstić information content (AvgIpc) is 3.02. The largest absolute Gasteiger partial charge is 0.409 e. The van der Waals surface area contributed by atoms with Crippen LogP contribution in [0.4, 0.5) is 0 Å². The van der Waals surface area contributed by atoms with Crippen LogP contribution < -0.4 is 22.1 Å². The van der Waals surface area contributed by atoms with Crippen LogP contribution in [0.25, 0.3) is 0 Å². The SMILES string of the molecule is NCc1ccc(CC(C(=O)N[C@H](C(=O)NCc2ccc(C(N)=NO)cc2)C2CCCCC2)C2CCCCC2)cc1. The summed E-state index contributed by atoms with van der Waals surface area (Å²) in [6.07, 6.45) is 11.6. The minimum absolute atomic E-state index is 0.00337. The van der Waals surface area contributed by atoms with Gasteiger partial charge < -0.3 is 27.3 Å². The van der Waals surface area contributed by atoms with Crippen molar-refractivity contribution in [2.24, 2.45) is 34.4 Å². The summed E-state index contributed by atoms with van der Waals surface area (Å²) < 4.78 is 0. The molecule has 2 aromatic rings. The molecule has 216 valence electrons. The van der Waals surface area contributed by atoms with Crippen molar-refractivity contribution in [2.45, 2.75) is 89.8 Å². The highest BCUT2D eigenvalue weighted by molar-refractivity contribution is 5.97. The lowest BCUT2D eigenvalue weighted by atomic mass is 9.76. The molecule has 2 atom stereocenters. The first-order valence-electron chi connectivity index (χ1n) is 14.9. The highest BCUT2D eigenvalue weighted by Gasteiger charge is 2.35. The molecule has 2 saturated carbocycles. The van der Waals surface area contributed by atoms with Crippen LogP contribution in [0.1, 0.15) is 86.5 Å². The lowest BCUT2D eigenvalue weighted by molar-refractivity contribution is -0.134. The van der Waals surface area contributed by atoms with Gasteiger partial charge in [-0.25, -0.2) is 0 Å². The van der Waals surface area contributed by atoms with E-state index >= 15 is 0 Å². The molecule has 0 heterocycles. The number of carbonyl (C=O) groups excluding carboxylic acids is 2. The topological polar surface area (TPSA) is 143 Å². The summed E-state index contributed by atoms with van der Waals surface area (Å²) >= 11 is 0. The Labute approximate surface area is 238 Å². The molecule has 0 spiro atoms. The summed E-state index contributed by atoms with van der Waals surface area (Å²) in [4.78, 5) is 27.6. The van der Waals surface area contributed by atoms with Gasteiger partial charge in [0.1, 0.15) is 6.04 Å². The molecule has 2 aromatic carbocycles. The zero-order chi connectivity index (χ0) is 28.3. The molecular formula is C32H45N5O3. The third-order valence-electron chi connectivity index (χ3n) is 8.80.